The number of amides is 1. The monoisotopic (exact) mass is 423 g/mol. The van der Waals surface area contributed by atoms with E-state index in [1.54, 1.807) is 0 Å². The van der Waals surface area contributed by atoms with Gasteiger partial charge in [-0.3, -0.25) is 4.79 Å². The van der Waals surface area contributed by atoms with E-state index in [-0.39, 0.29) is 12.7 Å². The summed E-state index contributed by atoms with van der Waals surface area (Å²) in [5.74, 6) is 1.55. The van der Waals surface area contributed by atoms with Crippen LogP contribution in [-0.2, 0) is 13.1 Å². The lowest BCUT2D eigenvalue weighted by molar-refractivity contribution is 0.0766. The normalized spacial score (nSPS) is 15.4. The van der Waals surface area contributed by atoms with E-state index in [0.29, 0.717) is 13.1 Å². The van der Waals surface area contributed by atoms with Gasteiger partial charge in [0.2, 0.25) is 6.79 Å². The molecule has 0 spiro atoms. The molecule has 0 aliphatic carbocycles. The van der Waals surface area contributed by atoms with E-state index in [1.165, 1.54) is 0 Å². The van der Waals surface area contributed by atoms with Gasteiger partial charge in [0.1, 0.15) is 0 Å². The first-order valence-corrected chi connectivity index (χ1v) is 8.36. The summed E-state index contributed by atoms with van der Waals surface area (Å²) >= 11 is 6.97. The number of hydrogen-bond acceptors (Lipinski definition) is 3. The van der Waals surface area contributed by atoms with Crippen molar-refractivity contribution in [2.24, 2.45) is 0 Å². The highest BCUT2D eigenvalue weighted by Gasteiger charge is 2.29. The Bertz CT molecular complexity index is 791. The maximum Gasteiger partial charge on any atom is 0.254 e. The van der Waals surface area contributed by atoms with E-state index in [4.69, 9.17) is 9.47 Å². The SMILES string of the molecule is O=C1c2cc(Br)cc(Br)c2CN1Cc1ccc2c(c1)OCO2. The lowest BCUT2D eigenvalue weighted by Crippen LogP contribution is -2.23. The molecule has 0 bridgehead atoms. The maximum atomic E-state index is 12.6. The minimum absolute atomic E-state index is 0.0506. The first-order chi connectivity index (χ1) is 10.6. The highest BCUT2D eigenvalue weighted by molar-refractivity contribution is 9.11. The maximum absolute atomic E-state index is 12.6. The highest BCUT2D eigenvalue weighted by Crippen LogP contribution is 2.36. The Kier molecular flexibility index (Phi) is 3.38. The first-order valence-electron chi connectivity index (χ1n) is 6.77. The van der Waals surface area contributed by atoms with Gasteiger partial charge in [-0.15, -0.1) is 0 Å². The van der Waals surface area contributed by atoms with Gasteiger partial charge in [0, 0.05) is 27.6 Å². The van der Waals surface area contributed by atoms with Crippen LogP contribution in [0.4, 0.5) is 0 Å². The van der Waals surface area contributed by atoms with Gasteiger partial charge in [-0.1, -0.05) is 37.9 Å². The van der Waals surface area contributed by atoms with Crippen LogP contribution in [0.1, 0.15) is 21.5 Å². The standard InChI is InChI=1S/C16H11Br2NO3/c17-10-4-11-12(13(18)5-10)7-19(16(11)20)6-9-1-2-14-15(3-9)22-8-21-14/h1-5H,6-8H2. The quantitative estimate of drug-likeness (QED) is 0.728. The second kappa shape index (κ2) is 5.28. The molecule has 112 valence electrons. The largest absolute Gasteiger partial charge is 0.454 e. The predicted molar refractivity (Wildman–Crippen MR) is 88.0 cm³/mol. The number of carbonyl (C=O) groups excluding carboxylic acids is 1. The molecule has 2 aliphatic rings. The Balaban J connectivity index is 1.60. The zero-order valence-corrected chi connectivity index (χ0v) is 14.6. The fourth-order valence-electron chi connectivity index (χ4n) is 2.78. The fraction of sp³-hybridized carbons (Fsp3) is 0.188. The molecule has 4 rings (SSSR count). The van der Waals surface area contributed by atoms with Crippen LogP contribution in [0.15, 0.2) is 39.3 Å². The van der Waals surface area contributed by atoms with Crippen molar-refractivity contribution in [2.75, 3.05) is 6.79 Å². The Morgan fingerprint density at radius 3 is 2.77 bits per heavy atom. The molecule has 1 amide bonds. The van der Waals surface area contributed by atoms with Crippen LogP contribution in [0.25, 0.3) is 0 Å². The molecule has 6 heteroatoms. The van der Waals surface area contributed by atoms with E-state index in [9.17, 15) is 4.79 Å². The van der Waals surface area contributed by atoms with Crippen molar-refractivity contribution in [1.82, 2.24) is 4.90 Å². The number of benzene rings is 2. The van der Waals surface area contributed by atoms with Gasteiger partial charge >= 0.3 is 0 Å². The molecule has 0 fully saturated rings. The lowest BCUT2D eigenvalue weighted by Gasteiger charge is -2.16. The number of ether oxygens (including phenoxy) is 2. The topological polar surface area (TPSA) is 38.8 Å². The van der Waals surface area contributed by atoms with Crippen molar-refractivity contribution < 1.29 is 14.3 Å². The van der Waals surface area contributed by atoms with Crippen LogP contribution in [0, 0.1) is 0 Å². The van der Waals surface area contributed by atoms with Gasteiger partial charge in [-0.2, -0.15) is 0 Å². The summed E-state index contributed by atoms with van der Waals surface area (Å²) in [7, 11) is 0. The number of carbonyl (C=O) groups is 1. The summed E-state index contributed by atoms with van der Waals surface area (Å²) < 4.78 is 12.6. The minimum Gasteiger partial charge on any atom is -0.454 e. The van der Waals surface area contributed by atoms with Crippen LogP contribution in [-0.4, -0.2) is 17.6 Å². The van der Waals surface area contributed by atoms with Crippen LogP contribution >= 0.6 is 31.9 Å². The van der Waals surface area contributed by atoms with E-state index in [2.05, 4.69) is 31.9 Å². The van der Waals surface area contributed by atoms with Crippen molar-refractivity contribution in [3.05, 3.63) is 56.0 Å². The number of halogens is 2. The van der Waals surface area contributed by atoms with E-state index >= 15 is 0 Å². The third-order valence-electron chi connectivity index (χ3n) is 3.84. The van der Waals surface area contributed by atoms with Crippen LogP contribution < -0.4 is 9.47 Å². The molecule has 0 saturated heterocycles. The Morgan fingerprint density at radius 1 is 1.09 bits per heavy atom. The third-order valence-corrected chi connectivity index (χ3v) is 5.00. The number of nitrogens with zero attached hydrogens (tertiary/aromatic N) is 1. The van der Waals surface area contributed by atoms with Gasteiger partial charge in [0.25, 0.3) is 5.91 Å². The van der Waals surface area contributed by atoms with Crippen molar-refractivity contribution in [3.8, 4) is 11.5 Å². The number of rotatable bonds is 2. The molecule has 0 radical (unpaired) electrons. The molecule has 0 N–H and O–H groups in total. The van der Waals surface area contributed by atoms with Crippen LogP contribution in [0.3, 0.4) is 0 Å². The summed E-state index contributed by atoms with van der Waals surface area (Å²) in [6.07, 6.45) is 0. The number of fused-ring (bicyclic) bond motifs is 2. The van der Waals surface area contributed by atoms with E-state index in [0.717, 1.165) is 37.1 Å². The summed E-state index contributed by atoms with van der Waals surface area (Å²) in [5.41, 5.74) is 2.82. The second-order valence-electron chi connectivity index (χ2n) is 5.26. The molecule has 2 aromatic rings. The Hall–Kier alpha value is -1.53. The van der Waals surface area contributed by atoms with Gasteiger partial charge < -0.3 is 14.4 Å². The van der Waals surface area contributed by atoms with Crippen molar-refractivity contribution in [1.29, 1.82) is 0 Å². The summed E-state index contributed by atoms with van der Waals surface area (Å²) in [6, 6.07) is 9.63. The van der Waals surface area contributed by atoms with E-state index in [1.807, 2.05) is 35.2 Å². The molecule has 2 aromatic carbocycles. The molecule has 2 heterocycles. The molecule has 0 aromatic heterocycles. The fourth-order valence-corrected chi connectivity index (χ4v) is 4.13. The average Bonchev–Trinajstić information content (AvgIpc) is 3.06. The highest BCUT2D eigenvalue weighted by atomic mass is 79.9. The molecule has 22 heavy (non-hydrogen) atoms. The van der Waals surface area contributed by atoms with Gasteiger partial charge in [0.15, 0.2) is 11.5 Å². The van der Waals surface area contributed by atoms with Gasteiger partial charge in [-0.25, -0.2) is 0 Å². The molecule has 0 atom stereocenters. The number of hydrogen-bond donors (Lipinski definition) is 0. The van der Waals surface area contributed by atoms with Gasteiger partial charge in [0.05, 0.1) is 0 Å². The lowest BCUT2D eigenvalue weighted by atomic mass is 10.1. The minimum atomic E-state index is 0.0506. The van der Waals surface area contributed by atoms with Crippen molar-refractivity contribution >= 4 is 37.8 Å². The summed E-state index contributed by atoms with van der Waals surface area (Å²) in [6.45, 7) is 1.42. The molecular weight excluding hydrogens is 414 g/mol. The average molecular weight is 425 g/mol. The summed E-state index contributed by atoms with van der Waals surface area (Å²) in [5, 5.41) is 0. The Morgan fingerprint density at radius 2 is 1.91 bits per heavy atom. The summed E-state index contributed by atoms with van der Waals surface area (Å²) in [4.78, 5) is 14.4. The van der Waals surface area contributed by atoms with Crippen molar-refractivity contribution in [2.45, 2.75) is 13.1 Å². The molecule has 0 saturated carbocycles. The second-order valence-corrected chi connectivity index (χ2v) is 7.03. The Labute approximate surface area is 144 Å². The third kappa shape index (κ3) is 2.30. The van der Waals surface area contributed by atoms with Crippen LogP contribution in [0.2, 0.25) is 0 Å². The zero-order valence-electron chi connectivity index (χ0n) is 11.4. The molecular formula is C16H11Br2NO3. The van der Waals surface area contributed by atoms with Crippen molar-refractivity contribution in [3.63, 3.8) is 0 Å². The first kappa shape index (κ1) is 14.1. The smallest absolute Gasteiger partial charge is 0.254 e. The molecule has 2 aliphatic heterocycles. The molecule has 0 unspecified atom stereocenters. The van der Waals surface area contributed by atoms with Gasteiger partial charge in [-0.05, 0) is 35.4 Å². The van der Waals surface area contributed by atoms with Crippen LogP contribution in [0.5, 0.6) is 11.5 Å². The zero-order chi connectivity index (χ0) is 15.3. The van der Waals surface area contributed by atoms with E-state index < -0.39 is 0 Å². The molecule has 4 nitrogen and oxygen atoms in total. The predicted octanol–water partition coefficient (Wildman–Crippen LogP) is 4.10.